The molecule has 8 nitrogen and oxygen atoms in total. The minimum absolute atomic E-state index is 0.337. The third-order valence-corrected chi connectivity index (χ3v) is 5.50. The van der Waals surface area contributed by atoms with Crippen molar-refractivity contribution in [1.82, 2.24) is 4.98 Å². The minimum Gasteiger partial charge on any atom is -0.482 e. The number of thiazole rings is 1. The lowest BCUT2D eigenvalue weighted by Gasteiger charge is -2.08. The van der Waals surface area contributed by atoms with Crippen molar-refractivity contribution >= 4 is 39.3 Å². The fourth-order valence-electron chi connectivity index (χ4n) is 3.07. The molecule has 0 aliphatic heterocycles. The molecule has 1 N–H and O–H groups in total. The number of hydrogen-bond donors (Lipinski definition) is 1. The lowest BCUT2D eigenvalue weighted by Crippen LogP contribution is -2.23. The lowest BCUT2D eigenvalue weighted by molar-refractivity contribution is -0.149. The number of carbonyl (C=O) groups is 2. The summed E-state index contributed by atoms with van der Waals surface area (Å²) in [5.41, 5.74) is 3.53. The summed E-state index contributed by atoms with van der Waals surface area (Å²) in [4.78, 5) is 39.9. The van der Waals surface area contributed by atoms with Gasteiger partial charge in [0.15, 0.2) is 18.3 Å². The van der Waals surface area contributed by atoms with Crippen molar-refractivity contribution in [1.29, 1.82) is 0 Å². The first-order chi connectivity index (χ1) is 15.9. The van der Waals surface area contributed by atoms with E-state index < -0.39 is 30.7 Å². The van der Waals surface area contributed by atoms with Crippen LogP contribution in [0.2, 0.25) is 0 Å². The fourth-order valence-corrected chi connectivity index (χ4v) is 3.80. The van der Waals surface area contributed by atoms with Crippen LogP contribution >= 0.6 is 11.3 Å². The van der Waals surface area contributed by atoms with Crippen molar-refractivity contribution in [3.8, 4) is 17.0 Å². The molecule has 168 valence electrons. The smallest absolute Gasteiger partial charge is 0.344 e. The predicted molar refractivity (Wildman–Crippen MR) is 125 cm³/mol. The average molecular weight is 464 g/mol. The Morgan fingerprint density at radius 1 is 1.06 bits per heavy atom. The third kappa shape index (κ3) is 5.64. The number of benzene rings is 2. The van der Waals surface area contributed by atoms with E-state index in [2.05, 4.69) is 10.3 Å². The van der Waals surface area contributed by atoms with E-state index in [9.17, 15) is 14.4 Å². The monoisotopic (exact) mass is 464 g/mol. The number of aromatic nitrogens is 1. The van der Waals surface area contributed by atoms with Crippen LogP contribution in [0, 0.1) is 13.8 Å². The molecule has 0 atom stereocenters. The van der Waals surface area contributed by atoms with Crippen LogP contribution in [-0.4, -0.2) is 30.1 Å². The van der Waals surface area contributed by atoms with E-state index in [4.69, 9.17) is 13.9 Å². The molecule has 0 bridgehead atoms. The molecule has 2 aromatic carbocycles. The van der Waals surface area contributed by atoms with Crippen LogP contribution in [0.3, 0.4) is 0 Å². The zero-order valence-corrected chi connectivity index (χ0v) is 18.7. The fraction of sp³-hybridized carbons (Fsp3) is 0.167. The molecule has 1 amide bonds. The highest BCUT2D eigenvalue weighted by atomic mass is 32.1. The Labute approximate surface area is 192 Å². The maximum absolute atomic E-state index is 12.1. The van der Waals surface area contributed by atoms with Gasteiger partial charge in [0, 0.05) is 28.5 Å². The molecule has 0 aliphatic rings. The maximum Gasteiger partial charge on any atom is 0.344 e. The molecule has 0 spiro atoms. The van der Waals surface area contributed by atoms with Gasteiger partial charge >= 0.3 is 11.6 Å². The van der Waals surface area contributed by atoms with Crippen molar-refractivity contribution in [3.05, 3.63) is 75.5 Å². The predicted octanol–water partition coefficient (Wildman–Crippen LogP) is 4.09. The number of fused-ring (bicyclic) bond motifs is 1. The van der Waals surface area contributed by atoms with Crippen LogP contribution in [-0.2, 0) is 14.3 Å². The molecule has 2 aromatic heterocycles. The number of rotatable bonds is 7. The van der Waals surface area contributed by atoms with Crippen molar-refractivity contribution in [2.24, 2.45) is 0 Å². The van der Waals surface area contributed by atoms with E-state index >= 15 is 0 Å². The Hall–Kier alpha value is -3.98. The number of aryl methyl sites for hydroxylation is 2. The van der Waals surface area contributed by atoms with Gasteiger partial charge in [0.05, 0.1) is 5.69 Å². The number of nitrogens with zero attached hydrogens (tertiary/aromatic N) is 1. The van der Waals surface area contributed by atoms with E-state index in [0.717, 1.165) is 27.8 Å². The van der Waals surface area contributed by atoms with Gasteiger partial charge in [-0.3, -0.25) is 10.1 Å². The molecule has 9 heteroatoms. The summed E-state index contributed by atoms with van der Waals surface area (Å²) >= 11 is 1.28. The maximum atomic E-state index is 12.1. The zero-order valence-electron chi connectivity index (χ0n) is 17.9. The van der Waals surface area contributed by atoms with E-state index in [0.29, 0.717) is 16.5 Å². The molecule has 0 unspecified atom stereocenters. The van der Waals surface area contributed by atoms with Gasteiger partial charge in [0.25, 0.3) is 5.91 Å². The number of esters is 1. The average Bonchev–Trinajstić information content (AvgIpc) is 3.24. The SMILES string of the molecule is Cc1ccc(-c2csc(NC(=O)COC(=O)COc3ccc4c(C)cc(=O)oc4c3)n2)cc1. The van der Waals surface area contributed by atoms with E-state index in [1.165, 1.54) is 23.5 Å². The Bertz CT molecular complexity index is 1370. The second-order valence-electron chi connectivity index (χ2n) is 7.31. The summed E-state index contributed by atoms with van der Waals surface area (Å²) < 4.78 is 15.5. The Morgan fingerprint density at radius 2 is 1.85 bits per heavy atom. The van der Waals surface area contributed by atoms with Crippen LogP contribution in [0.15, 0.2) is 63.1 Å². The second kappa shape index (κ2) is 9.66. The minimum atomic E-state index is -0.713. The molecule has 0 saturated carbocycles. The second-order valence-corrected chi connectivity index (χ2v) is 8.17. The summed E-state index contributed by atoms with van der Waals surface area (Å²) in [5, 5.41) is 5.64. The number of ether oxygens (including phenoxy) is 2. The molecular weight excluding hydrogens is 444 g/mol. The third-order valence-electron chi connectivity index (χ3n) is 4.74. The first-order valence-corrected chi connectivity index (χ1v) is 10.9. The van der Waals surface area contributed by atoms with Crippen molar-refractivity contribution in [2.75, 3.05) is 18.5 Å². The number of amides is 1. The highest BCUT2D eigenvalue weighted by Gasteiger charge is 2.12. The van der Waals surface area contributed by atoms with Crippen LogP contribution in [0.1, 0.15) is 11.1 Å². The zero-order chi connectivity index (χ0) is 23.4. The molecule has 0 radical (unpaired) electrons. The molecule has 0 aliphatic carbocycles. The lowest BCUT2D eigenvalue weighted by atomic mass is 10.1. The van der Waals surface area contributed by atoms with Crippen LogP contribution in [0.5, 0.6) is 5.75 Å². The Morgan fingerprint density at radius 3 is 2.64 bits per heavy atom. The van der Waals surface area contributed by atoms with Gasteiger partial charge < -0.3 is 13.9 Å². The van der Waals surface area contributed by atoms with Crippen LogP contribution in [0.4, 0.5) is 5.13 Å². The number of anilines is 1. The summed E-state index contributed by atoms with van der Waals surface area (Å²) in [7, 11) is 0. The normalized spacial score (nSPS) is 10.7. The Balaban J connectivity index is 1.26. The van der Waals surface area contributed by atoms with E-state index in [1.807, 2.05) is 36.6 Å². The quantitative estimate of drug-likeness (QED) is 0.324. The van der Waals surface area contributed by atoms with Crippen molar-refractivity contribution in [2.45, 2.75) is 13.8 Å². The molecule has 4 rings (SSSR count). The largest absolute Gasteiger partial charge is 0.482 e. The highest BCUT2D eigenvalue weighted by molar-refractivity contribution is 7.14. The van der Waals surface area contributed by atoms with Gasteiger partial charge in [-0.25, -0.2) is 14.6 Å². The van der Waals surface area contributed by atoms with Gasteiger partial charge in [0.2, 0.25) is 0 Å². The summed E-state index contributed by atoms with van der Waals surface area (Å²) in [5.74, 6) is -0.879. The molecular formula is C24H20N2O6S. The van der Waals surface area contributed by atoms with Crippen LogP contribution in [0.25, 0.3) is 22.2 Å². The van der Waals surface area contributed by atoms with Crippen molar-refractivity contribution < 1.29 is 23.5 Å². The molecule has 33 heavy (non-hydrogen) atoms. The van der Waals surface area contributed by atoms with Gasteiger partial charge in [-0.15, -0.1) is 11.3 Å². The highest BCUT2D eigenvalue weighted by Crippen LogP contribution is 2.25. The van der Waals surface area contributed by atoms with E-state index in [1.54, 1.807) is 19.1 Å². The van der Waals surface area contributed by atoms with Gasteiger partial charge in [-0.2, -0.15) is 0 Å². The molecule has 0 fully saturated rings. The molecule has 4 aromatic rings. The van der Waals surface area contributed by atoms with Gasteiger partial charge in [0.1, 0.15) is 11.3 Å². The molecule has 2 heterocycles. The summed E-state index contributed by atoms with van der Waals surface area (Å²) in [6, 6.07) is 14.2. The topological polar surface area (TPSA) is 108 Å². The first kappa shape index (κ1) is 22.2. The summed E-state index contributed by atoms with van der Waals surface area (Å²) in [6.45, 7) is 2.94. The Kier molecular flexibility index (Phi) is 6.50. The molecule has 0 saturated heterocycles. The van der Waals surface area contributed by atoms with E-state index in [-0.39, 0.29) is 0 Å². The van der Waals surface area contributed by atoms with Crippen molar-refractivity contribution in [3.63, 3.8) is 0 Å². The number of nitrogens with one attached hydrogen (secondary N) is 1. The number of hydrogen-bond acceptors (Lipinski definition) is 8. The standard InChI is InChI=1S/C24H20N2O6S/c1-14-3-5-16(6-4-14)19-13-33-24(25-19)26-21(27)11-31-23(29)12-30-17-7-8-18-15(2)9-22(28)32-20(18)10-17/h3-10,13H,11-12H2,1-2H3,(H,25,26,27). The van der Waals surface area contributed by atoms with Gasteiger partial charge in [-0.05, 0) is 31.5 Å². The van der Waals surface area contributed by atoms with Crippen LogP contribution < -0.4 is 15.7 Å². The summed E-state index contributed by atoms with van der Waals surface area (Å²) in [6.07, 6.45) is 0. The number of carbonyl (C=O) groups excluding carboxylic acids is 2. The van der Waals surface area contributed by atoms with Gasteiger partial charge in [-0.1, -0.05) is 29.8 Å². The first-order valence-electron chi connectivity index (χ1n) is 10.0.